The maximum atomic E-state index is 10.9. The Hall–Kier alpha value is -2.29. The van der Waals surface area contributed by atoms with Crippen LogP contribution in [0.1, 0.15) is 31.2 Å². The summed E-state index contributed by atoms with van der Waals surface area (Å²) in [5, 5.41) is 9.00. The molecule has 0 spiro atoms. The van der Waals surface area contributed by atoms with Crippen LogP contribution in [-0.2, 0) is 6.42 Å². The summed E-state index contributed by atoms with van der Waals surface area (Å²) in [7, 11) is 0. The van der Waals surface area contributed by atoms with Crippen molar-refractivity contribution >= 4 is 6.09 Å². The van der Waals surface area contributed by atoms with Crippen molar-refractivity contribution in [1.82, 2.24) is 4.90 Å². The Labute approximate surface area is 143 Å². The van der Waals surface area contributed by atoms with Gasteiger partial charge in [0.2, 0.25) is 0 Å². The molecule has 3 nitrogen and oxygen atoms in total. The van der Waals surface area contributed by atoms with Crippen molar-refractivity contribution in [2.24, 2.45) is 5.92 Å². The van der Waals surface area contributed by atoms with Gasteiger partial charge in [-0.2, -0.15) is 0 Å². The predicted octanol–water partition coefficient (Wildman–Crippen LogP) is 5.07. The fourth-order valence-electron chi connectivity index (χ4n) is 3.54. The van der Waals surface area contributed by atoms with Crippen LogP contribution in [0.5, 0.6) is 0 Å². The Morgan fingerprint density at radius 3 is 2.42 bits per heavy atom. The van der Waals surface area contributed by atoms with E-state index in [1.165, 1.54) is 29.5 Å². The van der Waals surface area contributed by atoms with Gasteiger partial charge in [0, 0.05) is 13.1 Å². The van der Waals surface area contributed by atoms with Crippen LogP contribution in [-0.4, -0.2) is 29.2 Å². The van der Waals surface area contributed by atoms with Crippen LogP contribution >= 0.6 is 0 Å². The molecule has 2 aromatic carbocycles. The van der Waals surface area contributed by atoms with E-state index in [1.54, 1.807) is 4.90 Å². The van der Waals surface area contributed by atoms with Crippen LogP contribution in [0.2, 0.25) is 0 Å². The number of hydrogen-bond donors (Lipinski definition) is 1. The zero-order valence-electron chi connectivity index (χ0n) is 14.0. The van der Waals surface area contributed by atoms with Gasteiger partial charge in [0.05, 0.1) is 0 Å². The minimum Gasteiger partial charge on any atom is -0.465 e. The Balaban J connectivity index is 1.48. The van der Waals surface area contributed by atoms with Crippen LogP contribution < -0.4 is 0 Å². The lowest BCUT2D eigenvalue weighted by Crippen LogP contribution is -2.37. The van der Waals surface area contributed by atoms with Crippen LogP contribution in [0.3, 0.4) is 0 Å². The second kappa shape index (κ2) is 8.00. The fraction of sp³-hybridized carbons (Fsp3) is 0.381. The summed E-state index contributed by atoms with van der Waals surface area (Å²) in [6.07, 6.45) is 4.72. The number of piperidine rings is 1. The van der Waals surface area contributed by atoms with Gasteiger partial charge >= 0.3 is 6.09 Å². The van der Waals surface area contributed by atoms with E-state index in [2.05, 4.69) is 48.5 Å². The van der Waals surface area contributed by atoms with Gasteiger partial charge in [-0.15, -0.1) is 0 Å². The number of amides is 1. The summed E-state index contributed by atoms with van der Waals surface area (Å²) in [5.74, 6) is 0.679. The highest BCUT2D eigenvalue weighted by atomic mass is 16.4. The number of benzene rings is 2. The molecule has 1 aliphatic heterocycles. The Bertz CT molecular complexity index is 661. The molecule has 0 unspecified atom stereocenters. The molecule has 1 saturated heterocycles. The normalized spacial score (nSPS) is 15.4. The first-order chi connectivity index (χ1) is 11.7. The highest BCUT2D eigenvalue weighted by Crippen LogP contribution is 2.24. The van der Waals surface area contributed by atoms with E-state index in [1.807, 2.05) is 6.07 Å². The topological polar surface area (TPSA) is 40.5 Å². The number of carbonyl (C=O) groups is 1. The van der Waals surface area contributed by atoms with Crippen molar-refractivity contribution in [3.05, 3.63) is 60.2 Å². The largest absolute Gasteiger partial charge is 0.465 e. The predicted molar refractivity (Wildman–Crippen MR) is 97.1 cm³/mol. The van der Waals surface area contributed by atoms with Gasteiger partial charge in [0.25, 0.3) is 0 Å². The molecule has 1 N–H and O–H groups in total. The molecule has 1 aliphatic rings. The molecule has 0 aliphatic carbocycles. The minimum absolute atomic E-state index is 0.679. The molecule has 2 aromatic rings. The molecule has 24 heavy (non-hydrogen) atoms. The maximum Gasteiger partial charge on any atom is 0.407 e. The molecule has 0 saturated carbocycles. The average Bonchev–Trinajstić information content (AvgIpc) is 2.63. The first-order valence-corrected chi connectivity index (χ1v) is 8.84. The lowest BCUT2D eigenvalue weighted by molar-refractivity contribution is 0.123. The van der Waals surface area contributed by atoms with Crippen LogP contribution in [0.25, 0.3) is 11.1 Å². The molecule has 0 radical (unpaired) electrons. The lowest BCUT2D eigenvalue weighted by Gasteiger charge is -2.29. The fourth-order valence-corrected chi connectivity index (χ4v) is 3.54. The highest BCUT2D eigenvalue weighted by Gasteiger charge is 2.21. The third-order valence-corrected chi connectivity index (χ3v) is 5.00. The summed E-state index contributed by atoms with van der Waals surface area (Å²) in [6.45, 7) is 1.40. The second-order valence-corrected chi connectivity index (χ2v) is 6.67. The van der Waals surface area contributed by atoms with E-state index in [0.717, 1.165) is 19.3 Å². The molecule has 1 fully saturated rings. The third kappa shape index (κ3) is 4.38. The van der Waals surface area contributed by atoms with E-state index in [4.69, 9.17) is 5.11 Å². The Kier molecular flexibility index (Phi) is 5.52. The summed E-state index contributed by atoms with van der Waals surface area (Å²) in [5.41, 5.74) is 3.93. The standard InChI is InChI=1S/C21H25NO2/c23-21(24)22-14-12-17(13-15-22)6-4-7-18-8-5-11-20(16-18)19-9-2-1-3-10-19/h1-3,5,8-11,16-17H,4,6-7,12-15H2,(H,23,24). The van der Waals surface area contributed by atoms with Gasteiger partial charge in [0.15, 0.2) is 0 Å². The summed E-state index contributed by atoms with van der Waals surface area (Å²) in [4.78, 5) is 12.5. The summed E-state index contributed by atoms with van der Waals surface area (Å²) < 4.78 is 0. The van der Waals surface area contributed by atoms with Gasteiger partial charge in [0.1, 0.15) is 0 Å². The van der Waals surface area contributed by atoms with E-state index in [-0.39, 0.29) is 0 Å². The van der Waals surface area contributed by atoms with Crippen molar-refractivity contribution < 1.29 is 9.90 Å². The maximum absolute atomic E-state index is 10.9. The van der Waals surface area contributed by atoms with Crippen LogP contribution in [0.15, 0.2) is 54.6 Å². The van der Waals surface area contributed by atoms with Crippen LogP contribution in [0, 0.1) is 5.92 Å². The second-order valence-electron chi connectivity index (χ2n) is 6.67. The highest BCUT2D eigenvalue weighted by molar-refractivity contribution is 5.65. The van der Waals surface area contributed by atoms with Crippen molar-refractivity contribution in [3.63, 3.8) is 0 Å². The smallest absolute Gasteiger partial charge is 0.407 e. The lowest BCUT2D eigenvalue weighted by atomic mass is 9.90. The molecule has 1 heterocycles. The quantitative estimate of drug-likeness (QED) is 0.835. The minimum atomic E-state index is -0.772. The van der Waals surface area contributed by atoms with Gasteiger partial charge in [-0.05, 0) is 54.7 Å². The average molecular weight is 323 g/mol. The SMILES string of the molecule is O=C(O)N1CCC(CCCc2cccc(-c3ccccc3)c2)CC1. The summed E-state index contributed by atoms with van der Waals surface area (Å²) >= 11 is 0. The number of carboxylic acid groups (broad SMARTS) is 1. The van der Waals surface area contributed by atoms with E-state index >= 15 is 0 Å². The molecular weight excluding hydrogens is 298 g/mol. The first kappa shape index (κ1) is 16.6. The summed E-state index contributed by atoms with van der Waals surface area (Å²) in [6, 6.07) is 19.3. The van der Waals surface area contributed by atoms with Gasteiger partial charge in [-0.1, -0.05) is 54.6 Å². The van der Waals surface area contributed by atoms with Crippen molar-refractivity contribution in [3.8, 4) is 11.1 Å². The van der Waals surface area contributed by atoms with Crippen LogP contribution in [0.4, 0.5) is 4.79 Å². The zero-order valence-corrected chi connectivity index (χ0v) is 14.0. The Morgan fingerprint density at radius 1 is 1.00 bits per heavy atom. The number of aryl methyl sites for hydroxylation is 1. The van der Waals surface area contributed by atoms with E-state index in [9.17, 15) is 4.79 Å². The molecule has 0 atom stereocenters. The zero-order chi connectivity index (χ0) is 16.8. The number of hydrogen-bond acceptors (Lipinski definition) is 1. The molecule has 3 heteroatoms. The van der Waals surface area contributed by atoms with E-state index < -0.39 is 6.09 Å². The molecule has 3 rings (SSSR count). The van der Waals surface area contributed by atoms with Crippen molar-refractivity contribution in [2.75, 3.05) is 13.1 Å². The van der Waals surface area contributed by atoms with Gasteiger partial charge < -0.3 is 10.0 Å². The number of nitrogens with zero attached hydrogens (tertiary/aromatic N) is 1. The third-order valence-electron chi connectivity index (χ3n) is 5.00. The van der Waals surface area contributed by atoms with Gasteiger partial charge in [-0.3, -0.25) is 0 Å². The molecule has 126 valence electrons. The molecular formula is C21H25NO2. The molecule has 0 bridgehead atoms. The van der Waals surface area contributed by atoms with Crippen molar-refractivity contribution in [2.45, 2.75) is 32.1 Å². The monoisotopic (exact) mass is 323 g/mol. The number of likely N-dealkylation sites (tertiary alicyclic amines) is 1. The Morgan fingerprint density at radius 2 is 1.71 bits per heavy atom. The first-order valence-electron chi connectivity index (χ1n) is 8.84. The number of rotatable bonds is 5. The molecule has 0 aromatic heterocycles. The van der Waals surface area contributed by atoms with Crippen molar-refractivity contribution in [1.29, 1.82) is 0 Å². The van der Waals surface area contributed by atoms with E-state index in [0.29, 0.717) is 19.0 Å². The molecule has 1 amide bonds. The van der Waals surface area contributed by atoms with Gasteiger partial charge in [-0.25, -0.2) is 4.79 Å².